The second kappa shape index (κ2) is 10.5. The Morgan fingerprint density at radius 2 is 2.07 bits per heavy atom. The average Bonchev–Trinajstić information content (AvgIpc) is 2.72. The molecule has 0 radical (unpaired) electrons. The van der Waals surface area contributed by atoms with Gasteiger partial charge in [0.05, 0.1) is 6.10 Å². The lowest BCUT2D eigenvalue weighted by Crippen LogP contribution is -2.42. The summed E-state index contributed by atoms with van der Waals surface area (Å²) < 4.78 is 0. The number of aliphatic hydroxyl groups excluding tert-OH is 1. The van der Waals surface area contributed by atoms with Crippen LogP contribution in [0.4, 0.5) is 0 Å². The Morgan fingerprint density at radius 3 is 2.86 bits per heavy atom. The van der Waals surface area contributed by atoms with Crippen LogP contribution < -0.4 is 5.32 Å². The summed E-state index contributed by atoms with van der Waals surface area (Å²) in [5, 5.41) is 13.3. The molecule has 1 aromatic heterocycles. The molecule has 1 aromatic carbocycles. The van der Waals surface area contributed by atoms with E-state index in [0.717, 1.165) is 44.6 Å². The van der Waals surface area contributed by atoms with Crippen LogP contribution in [-0.4, -0.2) is 72.2 Å². The molecule has 2 heterocycles. The zero-order valence-corrected chi connectivity index (χ0v) is 17.5. The van der Waals surface area contributed by atoms with Crippen molar-refractivity contribution in [2.24, 2.45) is 0 Å². The molecule has 1 aliphatic heterocycles. The van der Waals surface area contributed by atoms with Gasteiger partial charge in [0, 0.05) is 43.6 Å². The van der Waals surface area contributed by atoms with Gasteiger partial charge < -0.3 is 15.3 Å². The van der Waals surface area contributed by atoms with Crippen LogP contribution in [-0.2, 0) is 19.4 Å². The Labute approximate surface area is 173 Å². The van der Waals surface area contributed by atoms with E-state index in [1.165, 1.54) is 11.1 Å². The maximum atomic E-state index is 12.5. The Bertz CT molecular complexity index is 809. The molecule has 2 N–H and O–H groups in total. The lowest BCUT2D eigenvalue weighted by Gasteiger charge is -2.30. The summed E-state index contributed by atoms with van der Waals surface area (Å²) >= 11 is 0. The number of nitrogens with one attached hydrogen (secondary N) is 1. The first-order valence-electron chi connectivity index (χ1n) is 10.4. The number of amides is 1. The third kappa shape index (κ3) is 6.63. The molecule has 0 unspecified atom stereocenters. The molecule has 0 fully saturated rings. The summed E-state index contributed by atoms with van der Waals surface area (Å²) in [6, 6.07) is 12.0. The summed E-state index contributed by atoms with van der Waals surface area (Å²) in [4.78, 5) is 21.2. The van der Waals surface area contributed by atoms with Crippen molar-refractivity contribution in [3.05, 3.63) is 65.0 Å². The maximum Gasteiger partial charge on any atom is 0.251 e. The van der Waals surface area contributed by atoms with E-state index in [-0.39, 0.29) is 12.5 Å². The molecule has 156 valence electrons. The van der Waals surface area contributed by atoms with Crippen LogP contribution in [0.25, 0.3) is 0 Å². The zero-order valence-electron chi connectivity index (χ0n) is 17.5. The van der Waals surface area contributed by atoms with Crippen LogP contribution in [0.1, 0.15) is 33.6 Å². The molecule has 0 spiro atoms. The molecule has 0 saturated carbocycles. The monoisotopic (exact) mass is 396 g/mol. The SMILES string of the molecule is CN(C)CCCc1cc(C(=O)NC[C@H](O)CN2CCc3ccccc3C2)ccn1. The van der Waals surface area contributed by atoms with Crippen molar-refractivity contribution in [1.82, 2.24) is 20.1 Å². The highest BCUT2D eigenvalue weighted by Crippen LogP contribution is 2.18. The molecule has 3 rings (SSSR count). The van der Waals surface area contributed by atoms with E-state index >= 15 is 0 Å². The number of aryl methyl sites for hydroxylation is 1. The number of fused-ring (bicyclic) bond motifs is 1. The van der Waals surface area contributed by atoms with Crippen LogP contribution in [0, 0.1) is 0 Å². The number of pyridine rings is 1. The molecule has 0 aliphatic carbocycles. The smallest absolute Gasteiger partial charge is 0.251 e. The van der Waals surface area contributed by atoms with Gasteiger partial charge in [0.25, 0.3) is 5.91 Å². The molecule has 1 atom stereocenters. The molecule has 1 aliphatic rings. The van der Waals surface area contributed by atoms with Crippen molar-refractivity contribution in [3.8, 4) is 0 Å². The number of nitrogens with zero attached hydrogens (tertiary/aromatic N) is 3. The highest BCUT2D eigenvalue weighted by molar-refractivity contribution is 5.94. The van der Waals surface area contributed by atoms with Gasteiger partial charge in [0.2, 0.25) is 0 Å². The van der Waals surface area contributed by atoms with Crippen LogP contribution >= 0.6 is 0 Å². The van der Waals surface area contributed by atoms with Crippen molar-refractivity contribution in [2.45, 2.75) is 31.9 Å². The van der Waals surface area contributed by atoms with E-state index in [1.54, 1.807) is 12.3 Å². The van der Waals surface area contributed by atoms with E-state index in [0.29, 0.717) is 12.1 Å². The highest BCUT2D eigenvalue weighted by Gasteiger charge is 2.19. The number of β-amino-alcohol motifs (C(OH)–C–C–N with tert-alkyl or cyclic N) is 1. The molecule has 6 heteroatoms. The Morgan fingerprint density at radius 1 is 1.28 bits per heavy atom. The lowest BCUT2D eigenvalue weighted by atomic mass is 10.00. The summed E-state index contributed by atoms with van der Waals surface area (Å²) in [5.41, 5.74) is 4.24. The zero-order chi connectivity index (χ0) is 20.6. The van der Waals surface area contributed by atoms with Gasteiger partial charge >= 0.3 is 0 Å². The number of rotatable bonds is 9. The molecule has 0 saturated heterocycles. The summed E-state index contributed by atoms with van der Waals surface area (Å²) in [5.74, 6) is -0.163. The lowest BCUT2D eigenvalue weighted by molar-refractivity contribution is 0.0841. The minimum Gasteiger partial charge on any atom is -0.390 e. The second-order valence-corrected chi connectivity index (χ2v) is 8.06. The Kier molecular flexibility index (Phi) is 7.75. The number of benzene rings is 1. The summed E-state index contributed by atoms with van der Waals surface area (Å²) in [6.07, 6.45) is 3.94. The van der Waals surface area contributed by atoms with Crippen LogP contribution in [0.15, 0.2) is 42.6 Å². The van der Waals surface area contributed by atoms with E-state index in [9.17, 15) is 9.90 Å². The first kappa shape index (κ1) is 21.4. The van der Waals surface area contributed by atoms with Gasteiger partial charge in [0.15, 0.2) is 0 Å². The average molecular weight is 397 g/mol. The third-order valence-corrected chi connectivity index (χ3v) is 5.29. The standard InChI is InChI=1S/C23H32N4O2/c1-26(2)12-5-8-21-14-19(9-11-24-21)23(29)25-15-22(28)17-27-13-10-18-6-3-4-7-20(18)16-27/h3-4,6-7,9,11,14,22,28H,5,8,10,12-13,15-17H2,1-2H3,(H,25,29)/t22-/m0/s1. The maximum absolute atomic E-state index is 12.5. The van der Waals surface area contributed by atoms with E-state index in [2.05, 4.69) is 44.4 Å². The van der Waals surface area contributed by atoms with Crippen molar-refractivity contribution >= 4 is 5.91 Å². The molecular weight excluding hydrogens is 364 g/mol. The fourth-order valence-corrected chi connectivity index (χ4v) is 3.72. The molecular formula is C23H32N4O2. The van der Waals surface area contributed by atoms with Crippen LogP contribution in [0.3, 0.4) is 0 Å². The van der Waals surface area contributed by atoms with Gasteiger partial charge in [0.1, 0.15) is 0 Å². The van der Waals surface area contributed by atoms with Gasteiger partial charge in [-0.2, -0.15) is 0 Å². The summed E-state index contributed by atoms with van der Waals surface area (Å²) in [7, 11) is 4.09. The molecule has 6 nitrogen and oxygen atoms in total. The van der Waals surface area contributed by atoms with Gasteiger partial charge in [-0.3, -0.25) is 14.7 Å². The van der Waals surface area contributed by atoms with Crippen molar-refractivity contribution in [2.75, 3.05) is 40.3 Å². The molecule has 2 aromatic rings. The van der Waals surface area contributed by atoms with Crippen molar-refractivity contribution in [1.29, 1.82) is 0 Å². The summed E-state index contributed by atoms with van der Waals surface area (Å²) in [6.45, 7) is 3.58. The largest absolute Gasteiger partial charge is 0.390 e. The second-order valence-electron chi connectivity index (χ2n) is 8.06. The quantitative estimate of drug-likeness (QED) is 0.676. The number of hydrogen-bond donors (Lipinski definition) is 2. The first-order valence-corrected chi connectivity index (χ1v) is 10.4. The van der Waals surface area contributed by atoms with E-state index in [4.69, 9.17) is 0 Å². The minimum atomic E-state index is -0.592. The number of aliphatic hydroxyl groups is 1. The molecule has 29 heavy (non-hydrogen) atoms. The normalized spacial score (nSPS) is 15.2. The topological polar surface area (TPSA) is 68.7 Å². The van der Waals surface area contributed by atoms with Gasteiger partial charge in [-0.15, -0.1) is 0 Å². The predicted octanol–water partition coefficient (Wildman–Crippen LogP) is 1.72. The van der Waals surface area contributed by atoms with Crippen LogP contribution in [0.5, 0.6) is 0 Å². The van der Waals surface area contributed by atoms with Crippen molar-refractivity contribution < 1.29 is 9.90 Å². The van der Waals surface area contributed by atoms with Crippen LogP contribution in [0.2, 0.25) is 0 Å². The van der Waals surface area contributed by atoms with Gasteiger partial charge in [-0.1, -0.05) is 24.3 Å². The number of hydrogen-bond acceptors (Lipinski definition) is 5. The van der Waals surface area contributed by atoms with E-state index in [1.807, 2.05) is 20.2 Å². The molecule has 1 amide bonds. The minimum absolute atomic E-state index is 0.163. The number of carbonyl (C=O) groups is 1. The molecule has 0 bridgehead atoms. The first-order chi connectivity index (χ1) is 14.0. The fraction of sp³-hybridized carbons (Fsp3) is 0.478. The van der Waals surface area contributed by atoms with Crippen molar-refractivity contribution in [3.63, 3.8) is 0 Å². The van der Waals surface area contributed by atoms with Gasteiger partial charge in [-0.25, -0.2) is 0 Å². The third-order valence-electron chi connectivity index (χ3n) is 5.29. The highest BCUT2D eigenvalue weighted by atomic mass is 16.3. The fourth-order valence-electron chi connectivity index (χ4n) is 3.72. The number of carbonyl (C=O) groups excluding carboxylic acids is 1. The van der Waals surface area contributed by atoms with Gasteiger partial charge in [-0.05, 0) is 63.2 Å². The Balaban J connectivity index is 1.44. The predicted molar refractivity (Wildman–Crippen MR) is 115 cm³/mol. The number of aromatic nitrogens is 1. The Hall–Kier alpha value is -2.28. The van der Waals surface area contributed by atoms with E-state index < -0.39 is 6.10 Å².